The number of benzene rings is 1. The molecule has 2 amide bonds. The van der Waals surface area contributed by atoms with Crippen LogP contribution in [0.5, 0.6) is 0 Å². The van der Waals surface area contributed by atoms with Crippen molar-refractivity contribution < 1.29 is 41.9 Å². The molecule has 4 atom stereocenters. The van der Waals surface area contributed by atoms with E-state index in [1.54, 1.807) is 18.2 Å². The second-order valence-electron chi connectivity index (χ2n) is 6.25. The molecule has 0 aromatic heterocycles. The van der Waals surface area contributed by atoms with E-state index in [9.17, 15) is 33.0 Å². The summed E-state index contributed by atoms with van der Waals surface area (Å²) in [5, 5.41) is 22.8. The number of amides is 2. The van der Waals surface area contributed by atoms with E-state index in [0.717, 1.165) is 0 Å². The van der Waals surface area contributed by atoms with Gasteiger partial charge in [-0.25, -0.2) is 15.0 Å². The molecule has 29 heavy (non-hydrogen) atoms. The number of carbonyl (C=O) groups excluding carboxylic acids is 1. The highest BCUT2D eigenvalue weighted by Gasteiger charge is 2.92. The number of carboxylic acids is 1. The van der Waals surface area contributed by atoms with Crippen LogP contribution in [0, 0.1) is 0 Å². The van der Waals surface area contributed by atoms with Crippen LogP contribution in [-0.4, -0.2) is 49.2 Å². The van der Waals surface area contributed by atoms with E-state index in [4.69, 9.17) is 16.4 Å². The van der Waals surface area contributed by atoms with Gasteiger partial charge in [0.1, 0.15) is 6.61 Å². The Hall–Kier alpha value is -2.10. The normalized spacial score (nSPS) is 31.7. The second-order valence-corrected chi connectivity index (χ2v) is 7.44. The Morgan fingerprint density at radius 2 is 1.93 bits per heavy atom. The number of aliphatic hydroxyl groups is 1. The summed E-state index contributed by atoms with van der Waals surface area (Å²) in [6.07, 6.45) is -2.09. The monoisotopic (exact) mass is 440 g/mol. The molecule has 1 aliphatic heterocycles. The van der Waals surface area contributed by atoms with Crippen LogP contribution in [0.1, 0.15) is 18.9 Å². The fourth-order valence-corrected chi connectivity index (χ4v) is 4.60. The Balaban J connectivity index is 2.63. The molecule has 0 bridgehead atoms. The van der Waals surface area contributed by atoms with Crippen LogP contribution in [0.3, 0.4) is 0 Å². The maximum atomic E-state index is 13.4. The third kappa shape index (κ3) is 3.62. The van der Waals surface area contributed by atoms with Gasteiger partial charge in [-0.3, -0.25) is 11.2 Å². The molecule has 14 heteroatoms. The first-order chi connectivity index (χ1) is 13.4. The fraction of sp³-hybridized carbons (Fsp3) is 0.467. The fourth-order valence-electron chi connectivity index (χ4n) is 3.48. The van der Waals surface area contributed by atoms with Crippen LogP contribution >= 0.6 is 11.9 Å². The van der Waals surface area contributed by atoms with Crippen LogP contribution in [0.15, 0.2) is 30.3 Å². The van der Waals surface area contributed by atoms with Gasteiger partial charge in [0.15, 0.2) is 0 Å². The molecular weight excluding hydrogens is 419 g/mol. The van der Waals surface area contributed by atoms with Crippen molar-refractivity contribution in [3.05, 3.63) is 35.9 Å². The van der Waals surface area contributed by atoms with Crippen LogP contribution < -0.4 is 22.3 Å². The lowest BCUT2D eigenvalue weighted by molar-refractivity contribution is -1.12. The lowest BCUT2D eigenvalue weighted by atomic mass is 9.72. The molecule has 1 saturated heterocycles. The first-order valence-electron chi connectivity index (χ1n) is 8.24. The lowest BCUT2D eigenvalue weighted by Crippen LogP contribution is -3.00. The van der Waals surface area contributed by atoms with Gasteiger partial charge in [-0.05, 0) is 16.0 Å². The zero-order valence-electron chi connectivity index (χ0n) is 15.1. The highest BCUT2D eigenvalue weighted by atomic mass is 32.2. The van der Waals surface area contributed by atoms with Gasteiger partial charge in [-0.1, -0.05) is 37.3 Å². The molecule has 2 rings (SSSR count). The molecule has 0 aliphatic carbocycles. The molecule has 1 fully saturated rings. The molecule has 8 N–H and O–H groups in total. The number of hydrazine groups is 1. The SMILES string of the molecule is CCC1(NN)C(NC(N)=O)[N+](OCc2ccccc2)(SC(F)(F)F)C1(O)C(=O)O. The number of carbonyl (C=O) groups is 2. The Labute approximate surface area is 167 Å². The van der Waals surface area contributed by atoms with Crippen molar-refractivity contribution in [2.45, 2.75) is 42.9 Å². The Kier molecular flexibility index (Phi) is 6.37. The molecule has 1 aliphatic rings. The van der Waals surface area contributed by atoms with Crippen LogP contribution in [0.25, 0.3) is 0 Å². The summed E-state index contributed by atoms with van der Waals surface area (Å²) >= 11 is -0.953. The van der Waals surface area contributed by atoms with Crippen LogP contribution in [0.4, 0.5) is 18.0 Å². The summed E-state index contributed by atoms with van der Waals surface area (Å²) in [5.74, 6) is 3.39. The molecule has 0 radical (unpaired) electrons. The Morgan fingerprint density at radius 1 is 1.34 bits per heavy atom. The average molecular weight is 440 g/mol. The number of primary amides is 1. The number of rotatable bonds is 8. The number of nitrogens with one attached hydrogen (secondary N) is 2. The van der Waals surface area contributed by atoms with Crippen molar-refractivity contribution in [3.8, 4) is 0 Å². The number of quaternary nitrogens is 1. The maximum Gasteiger partial charge on any atom is 0.499 e. The minimum Gasteiger partial charge on any atom is -0.474 e. The first kappa shape index (κ1) is 23.2. The molecule has 1 aromatic carbocycles. The average Bonchev–Trinajstić information content (AvgIpc) is 2.64. The maximum absolute atomic E-state index is 13.4. The quantitative estimate of drug-likeness (QED) is 0.147. The van der Waals surface area contributed by atoms with Gasteiger partial charge in [0.25, 0.3) is 0 Å². The predicted octanol–water partition coefficient (Wildman–Crippen LogP) is 0.496. The number of urea groups is 1. The van der Waals surface area contributed by atoms with Crippen LogP contribution in [-0.2, 0) is 16.2 Å². The van der Waals surface area contributed by atoms with E-state index < -0.39 is 57.5 Å². The molecular formula is C15H21F3N5O5S+. The summed E-state index contributed by atoms with van der Waals surface area (Å²) in [6.45, 7) is 0.855. The number of nitrogens with two attached hydrogens (primary N) is 2. The van der Waals surface area contributed by atoms with Crippen molar-refractivity contribution in [2.24, 2.45) is 11.6 Å². The zero-order chi connectivity index (χ0) is 22.1. The van der Waals surface area contributed by atoms with Crippen molar-refractivity contribution in [1.82, 2.24) is 10.7 Å². The minimum atomic E-state index is -5.06. The minimum absolute atomic E-state index is 0.287. The van der Waals surface area contributed by atoms with Crippen molar-refractivity contribution in [1.29, 1.82) is 0 Å². The smallest absolute Gasteiger partial charge is 0.474 e. The highest BCUT2D eigenvalue weighted by molar-refractivity contribution is 7.94. The summed E-state index contributed by atoms with van der Waals surface area (Å²) < 4.78 is 38.3. The number of hydrogen-bond donors (Lipinski definition) is 6. The van der Waals surface area contributed by atoms with Gasteiger partial charge in [0.05, 0.1) is 0 Å². The number of alkyl halides is 3. The van der Waals surface area contributed by atoms with Crippen molar-refractivity contribution in [3.63, 3.8) is 0 Å². The van der Waals surface area contributed by atoms with E-state index in [1.165, 1.54) is 19.1 Å². The van der Waals surface area contributed by atoms with Gasteiger partial charge in [0.2, 0.25) is 23.7 Å². The second kappa shape index (κ2) is 7.97. The largest absolute Gasteiger partial charge is 0.499 e. The van der Waals surface area contributed by atoms with Crippen molar-refractivity contribution in [2.75, 3.05) is 0 Å². The zero-order valence-corrected chi connectivity index (χ0v) is 16.0. The molecule has 1 aromatic rings. The molecule has 0 spiro atoms. The molecule has 1 heterocycles. The summed E-state index contributed by atoms with van der Waals surface area (Å²) in [5.41, 5.74) is -2.89. The number of carboxylic acid groups (broad SMARTS) is 1. The van der Waals surface area contributed by atoms with Gasteiger partial charge in [-0.15, -0.1) is 0 Å². The lowest BCUT2D eigenvalue weighted by Gasteiger charge is -2.64. The standard InChI is InChI=1S/C15H20F3N5O5S/c1-2-13(22-20)10(21-12(19)26)23(29-15(16,17)18,14(13,27)11(24)25)28-8-9-6-4-3-5-7-9/h3-7,10,22,27H,2,8,20H2,1H3,(H3-,19,21,24,25,26)/p+1. The van der Waals surface area contributed by atoms with Gasteiger partial charge < -0.3 is 15.9 Å². The van der Waals surface area contributed by atoms with E-state index in [-0.39, 0.29) is 6.42 Å². The van der Waals surface area contributed by atoms with E-state index in [2.05, 4.69) is 5.43 Å². The molecule has 162 valence electrons. The van der Waals surface area contributed by atoms with Gasteiger partial charge in [-0.2, -0.15) is 18.0 Å². The third-order valence-electron chi connectivity index (χ3n) is 4.78. The third-order valence-corrected chi connectivity index (χ3v) is 5.84. The van der Waals surface area contributed by atoms with E-state index in [1.807, 2.05) is 5.32 Å². The summed E-state index contributed by atoms with van der Waals surface area (Å²) in [4.78, 5) is 28.9. The number of hydrogen-bond acceptors (Lipinski definition) is 7. The van der Waals surface area contributed by atoms with Gasteiger partial charge >= 0.3 is 23.2 Å². The molecule has 10 nitrogen and oxygen atoms in total. The topological polar surface area (TPSA) is 160 Å². The first-order valence-corrected chi connectivity index (χ1v) is 9.02. The van der Waals surface area contributed by atoms with Crippen LogP contribution in [0.2, 0.25) is 0 Å². The number of aliphatic carboxylic acids is 1. The predicted molar refractivity (Wildman–Crippen MR) is 94.6 cm³/mol. The Morgan fingerprint density at radius 3 is 2.34 bits per heavy atom. The van der Waals surface area contributed by atoms with E-state index >= 15 is 0 Å². The highest BCUT2D eigenvalue weighted by Crippen LogP contribution is 2.60. The number of hydroxylamine groups is 2. The summed E-state index contributed by atoms with van der Waals surface area (Å²) in [7, 11) is 0. The number of halogens is 3. The van der Waals surface area contributed by atoms with Crippen molar-refractivity contribution >= 4 is 23.9 Å². The van der Waals surface area contributed by atoms with Gasteiger partial charge in [0, 0.05) is 0 Å². The molecule has 0 saturated carbocycles. The summed E-state index contributed by atoms with van der Waals surface area (Å²) in [6, 6.07) is 6.64. The number of nitrogens with zero attached hydrogens (tertiary/aromatic N) is 1. The molecule has 4 unspecified atom stereocenters. The van der Waals surface area contributed by atoms with E-state index in [0.29, 0.717) is 5.56 Å². The Bertz CT molecular complexity index is 766.